The second-order valence-corrected chi connectivity index (χ2v) is 7.92. The van der Waals surface area contributed by atoms with Gasteiger partial charge < -0.3 is 14.2 Å². The number of ketones is 1. The summed E-state index contributed by atoms with van der Waals surface area (Å²) in [6.07, 6.45) is 1.48. The van der Waals surface area contributed by atoms with Crippen molar-refractivity contribution < 1.29 is 14.0 Å². The number of thioether (sulfide) groups is 1. The van der Waals surface area contributed by atoms with Gasteiger partial charge in [0.25, 0.3) is 5.91 Å². The van der Waals surface area contributed by atoms with Crippen LogP contribution in [0.5, 0.6) is 0 Å². The van der Waals surface area contributed by atoms with Gasteiger partial charge in [0.05, 0.1) is 18.5 Å². The number of carbonyl (C=O) groups excluding carboxylic acids is 2. The summed E-state index contributed by atoms with van der Waals surface area (Å²) >= 11 is 1.45. The molecule has 3 heterocycles. The average molecular weight is 408 g/mol. The molecule has 0 saturated carbocycles. The molecule has 2 aromatic rings. The number of Topliss-reactive ketones (excluding diaryl/α,β-unsaturated/α-hetero) is 1. The maximum absolute atomic E-state index is 12.9. The maximum Gasteiger partial charge on any atom is 0.289 e. The zero-order valence-electron chi connectivity index (χ0n) is 16.0. The van der Waals surface area contributed by atoms with Gasteiger partial charge in [-0.3, -0.25) is 14.5 Å². The number of benzene rings is 1. The minimum Gasteiger partial charge on any atom is -0.459 e. The van der Waals surface area contributed by atoms with E-state index >= 15 is 0 Å². The van der Waals surface area contributed by atoms with E-state index in [4.69, 9.17) is 4.42 Å². The van der Waals surface area contributed by atoms with Crippen LogP contribution in [0.3, 0.4) is 0 Å². The summed E-state index contributed by atoms with van der Waals surface area (Å²) in [5.41, 5.74) is 1.18. The third kappa shape index (κ3) is 3.79. The minimum absolute atomic E-state index is 0.137. The van der Waals surface area contributed by atoms with Gasteiger partial charge in [-0.1, -0.05) is 23.9 Å². The molecule has 1 saturated heterocycles. The lowest BCUT2D eigenvalue weighted by Crippen LogP contribution is -2.50. The van der Waals surface area contributed by atoms with Gasteiger partial charge in [-0.25, -0.2) is 0 Å². The number of nitrogens with zero attached hydrogens (tertiary/aromatic N) is 4. The molecule has 29 heavy (non-hydrogen) atoms. The van der Waals surface area contributed by atoms with E-state index in [1.165, 1.54) is 18.0 Å². The van der Waals surface area contributed by atoms with Crippen LogP contribution in [0.15, 0.2) is 62.6 Å². The summed E-state index contributed by atoms with van der Waals surface area (Å²) in [7, 11) is 1.87. The number of hydrogen-bond acceptors (Lipinski definition) is 7. The zero-order valence-corrected chi connectivity index (χ0v) is 16.8. The van der Waals surface area contributed by atoms with Crippen LogP contribution in [0, 0.1) is 11.3 Å². The van der Waals surface area contributed by atoms with Crippen LogP contribution in [-0.2, 0) is 4.79 Å². The van der Waals surface area contributed by atoms with Crippen LogP contribution in [-0.4, -0.2) is 61.3 Å². The van der Waals surface area contributed by atoms with Crippen LogP contribution in [0.2, 0.25) is 0 Å². The Hall–Kier alpha value is -3.02. The molecule has 1 aromatic carbocycles. The van der Waals surface area contributed by atoms with E-state index in [1.54, 1.807) is 17.0 Å². The molecule has 148 valence electrons. The van der Waals surface area contributed by atoms with Crippen LogP contribution in [0.1, 0.15) is 10.6 Å². The molecule has 1 amide bonds. The molecule has 0 spiro atoms. The Balaban J connectivity index is 1.40. The molecule has 0 bridgehead atoms. The monoisotopic (exact) mass is 408 g/mol. The van der Waals surface area contributed by atoms with E-state index in [-0.39, 0.29) is 23.8 Å². The van der Waals surface area contributed by atoms with Crippen molar-refractivity contribution in [2.75, 3.05) is 44.7 Å². The summed E-state index contributed by atoms with van der Waals surface area (Å²) in [5, 5.41) is 10.3. The Morgan fingerprint density at radius 1 is 1.14 bits per heavy atom. The number of rotatable bonds is 4. The van der Waals surface area contributed by atoms with Crippen molar-refractivity contribution in [3.8, 4) is 6.07 Å². The van der Waals surface area contributed by atoms with Crippen molar-refractivity contribution >= 4 is 29.1 Å². The van der Waals surface area contributed by atoms with Crippen molar-refractivity contribution in [3.63, 3.8) is 0 Å². The molecule has 2 aliphatic heterocycles. The fraction of sp³-hybridized carbons (Fsp3) is 0.286. The van der Waals surface area contributed by atoms with Crippen molar-refractivity contribution in [3.05, 3.63) is 59.0 Å². The summed E-state index contributed by atoms with van der Waals surface area (Å²) < 4.78 is 5.17. The number of fused-ring (bicyclic) bond motifs is 1. The van der Waals surface area contributed by atoms with E-state index in [9.17, 15) is 14.9 Å². The Morgan fingerprint density at radius 2 is 1.90 bits per heavy atom. The van der Waals surface area contributed by atoms with Crippen molar-refractivity contribution in [1.82, 2.24) is 9.80 Å². The Morgan fingerprint density at radius 3 is 2.55 bits per heavy atom. The van der Waals surface area contributed by atoms with E-state index in [0.717, 1.165) is 10.6 Å². The van der Waals surface area contributed by atoms with Gasteiger partial charge in [0.15, 0.2) is 11.5 Å². The van der Waals surface area contributed by atoms with Gasteiger partial charge in [0.2, 0.25) is 0 Å². The highest BCUT2D eigenvalue weighted by molar-refractivity contribution is 8.03. The molecule has 0 aliphatic carbocycles. The molecule has 0 N–H and O–H groups in total. The standard InChI is InChI=1S/C21H20N4O3S/c1-23-16-5-2-3-7-19(16)29-21(23)15(13-22)17(26)14-24-8-10-25(11-9-24)20(27)18-6-4-12-28-18/h2-7,12H,8-11,14H2,1H3/b21-15-. The fourth-order valence-electron chi connectivity index (χ4n) is 3.50. The predicted octanol–water partition coefficient (Wildman–Crippen LogP) is 2.58. The number of hydrogen-bond donors (Lipinski definition) is 0. The number of anilines is 1. The molecule has 4 rings (SSSR count). The quantitative estimate of drug-likeness (QED) is 0.568. The van der Waals surface area contributed by atoms with Crippen LogP contribution >= 0.6 is 11.8 Å². The summed E-state index contributed by atoms with van der Waals surface area (Å²) in [5.74, 6) is -0.00471. The zero-order chi connectivity index (χ0) is 20.4. The first kappa shape index (κ1) is 19.3. The number of amides is 1. The SMILES string of the molecule is CN1/C(=C(\C#N)C(=O)CN2CCN(C(=O)c3ccco3)CC2)Sc2ccccc21. The van der Waals surface area contributed by atoms with Crippen molar-refractivity contribution in [2.24, 2.45) is 0 Å². The van der Waals surface area contributed by atoms with E-state index in [2.05, 4.69) is 6.07 Å². The molecular formula is C21H20N4O3S. The van der Waals surface area contributed by atoms with Crippen LogP contribution < -0.4 is 4.90 Å². The summed E-state index contributed by atoms with van der Waals surface area (Å²) in [6.45, 7) is 2.36. The number of carbonyl (C=O) groups is 2. The van der Waals surface area contributed by atoms with Gasteiger partial charge in [0.1, 0.15) is 16.7 Å². The predicted molar refractivity (Wildman–Crippen MR) is 109 cm³/mol. The van der Waals surface area contributed by atoms with Crippen LogP contribution in [0.25, 0.3) is 0 Å². The fourth-order valence-corrected chi connectivity index (χ4v) is 4.66. The van der Waals surface area contributed by atoms with Gasteiger partial charge in [0, 0.05) is 38.1 Å². The number of para-hydroxylation sites is 1. The summed E-state index contributed by atoms with van der Waals surface area (Å²) in [4.78, 5) is 31.9. The lowest BCUT2D eigenvalue weighted by atomic mass is 10.1. The second kappa shape index (κ2) is 8.15. The van der Waals surface area contributed by atoms with Crippen LogP contribution in [0.4, 0.5) is 5.69 Å². The van der Waals surface area contributed by atoms with Crippen molar-refractivity contribution in [2.45, 2.75) is 4.90 Å². The Kier molecular flexibility index (Phi) is 5.43. The average Bonchev–Trinajstić information content (AvgIpc) is 3.38. The lowest BCUT2D eigenvalue weighted by Gasteiger charge is -2.33. The van der Waals surface area contributed by atoms with Gasteiger partial charge in [-0.15, -0.1) is 0 Å². The summed E-state index contributed by atoms with van der Waals surface area (Å²) in [6, 6.07) is 13.3. The lowest BCUT2D eigenvalue weighted by molar-refractivity contribution is -0.116. The molecule has 1 aromatic heterocycles. The van der Waals surface area contributed by atoms with Gasteiger partial charge in [-0.05, 0) is 24.3 Å². The highest BCUT2D eigenvalue weighted by Crippen LogP contribution is 2.46. The van der Waals surface area contributed by atoms with E-state index in [0.29, 0.717) is 37.0 Å². The van der Waals surface area contributed by atoms with Gasteiger partial charge in [-0.2, -0.15) is 5.26 Å². The number of piperazine rings is 1. The minimum atomic E-state index is -0.194. The molecule has 0 radical (unpaired) electrons. The first-order chi connectivity index (χ1) is 14.1. The van der Waals surface area contributed by atoms with Crippen molar-refractivity contribution in [1.29, 1.82) is 5.26 Å². The largest absolute Gasteiger partial charge is 0.459 e. The Bertz CT molecular complexity index is 1000. The third-order valence-electron chi connectivity index (χ3n) is 5.10. The molecule has 0 atom stereocenters. The normalized spacial score (nSPS) is 18.3. The van der Waals surface area contributed by atoms with E-state index in [1.807, 2.05) is 41.1 Å². The second-order valence-electron chi connectivity index (χ2n) is 6.89. The highest BCUT2D eigenvalue weighted by Gasteiger charge is 2.30. The number of nitriles is 1. The topological polar surface area (TPSA) is 80.8 Å². The molecule has 8 heteroatoms. The first-order valence-corrected chi connectivity index (χ1v) is 10.1. The molecule has 7 nitrogen and oxygen atoms in total. The molecule has 0 unspecified atom stereocenters. The smallest absolute Gasteiger partial charge is 0.289 e. The molecular weight excluding hydrogens is 388 g/mol. The highest BCUT2D eigenvalue weighted by atomic mass is 32.2. The molecule has 1 fully saturated rings. The molecule has 2 aliphatic rings. The number of furan rings is 1. The van der Waals surface area contributed by atoms with Gasteiger partial charge >= 0.3 is 0 Å². The Labute approximate surface area is 173 Å². The maximum atomic E-state index is 12.9. The first-order valence-electron chi connectivity index (χ1n) is 9.32. The van der Waals surface area contributed by atoms with E-state index < -0.39 is 0 Å². The third-order valence-corrected chi connectivity index (χ3v) is 6.34.